The predicted octanol–water partition coefficient (Wildman–Crippen LogP) is 3.82. The van der Waals surface area contributed by atoms with Gasteiger partial charge in [0.15, 0.2) is 0 Å². The highest BCUT2D eigenvalue weighted by Crippen LogP contribution is 2.48. The molecule has 2 atom stereocenters. The number of halogens is 3. The molecular weight excluding hydrogens is 416 g/mol. The van der Waals surface area contributed by atoms with Gasteiger partial charge in [-0.15, -0.1) is 0 Å². The van der Waals surface area contributed by atoms with Gasteiger partial charge in [0.2, 0.25) is 5.67 Å². The molecule has 154 valence electrons. The predicted molar refractivity (Wildman–Crippen MR) is 110 cm³/mol. The van der Waals surface area contributed by atoms with Crippen molar-refractivity contribution in [3.05, 3.63) is 63.4 Å². The molecule has 1 amide bonds. The van der Waals surface area contributed by atoms with E-state index < -0.39 is 17.2 Å². The molecule has 5 nitrogen and oxygen atoms in total. The van der Waals surface area contributed by atoms with Crippen LogP contribution in [0.3, 0.4) is 0 Å². The van der Waals surface area contributed by atoms with Crippen LogP contribution in [0.15, 0.2) is 36.5 Å². The number of hydrogen-bond acceptors (Lipinski definition) is 4. The van der Waals surface area contributed by atoms with Gasteiger partial charge in [0, 0.05) is 41.4 Å². The van der Waals surface area contributed by atoms with Gasteiger partial charge in [-0.25, -0.2) is 4.39 Å². The van der Waals surface area contributed by atoms with Gasteiger partial charge < -0.3 is 15.0 Å². The fraction of sp³-hybridized carbons (Fsp3) is 0.429. The van der Waals surface area contributed by atoms with E-state index in [9.17, 15) is 4.79 Å². The molecule has 1 aromatic heterocycles. The maximum Gasteiger partial charge on any atom is 0.262 e. The second-order valence-corrected chi connectivity index (χ2v) is 8.54. The van der Waals surface area contributed by atoms with Crippen LogP contribution in [-0.4, -0.2) is 42.5 Å². The van der Waals surface area contributed by atoms with Crippen LogP contribution in [0.5, 0.6) is 0 Å². The maximum atomic E-state index is 16.1. The highest BCUT2D eigenvalue weighted by molar-refractivity contribution is 6.35. The number of aromatic nitrogens is 1. The molecule has 1 aromatic carbocycles. The summed E-state index contributed by atoms with van der Waals surface area (Å²) in [6.45, 7) is 2.09. The van der Waals surface area contributed by atoms with Gasteiger partial charge in [-0.1, -0.05) is 35.3 Å². The van der Waals surface area contributed by atoms with Gasteiger partial charge in [-0.05, 0) is 43.7 Å². The lowest BCUT2D eigenvalue weighted by Gasteiger charge is -2.46. The zero-order valence-electron chi connectivity index (χ0n) is 16.1. The Morgan fingerprint density at radius 2 is 2.17 bits per heavy atom. The van der Waals surface area contributed by atoms with Crippen molar-refractivity contribution in [1.82, 2.24) is 15.2 Å². The quantitative estimate of drug-likeness (QED) is 0.792. The van der Waals surface area contributed by atoms with E-state index in [1.807, 2.05) is 7.05 Å². The molecule has 1 aliphatic heterocycles. The van der Waals surface area contributed by atoms with Gasteiger partial charge in [-0.3, -0.25) is 9.78 Å². The minimum Gasteiger partial charge on any atom is -0.366 e. The van der Waals surface area contributed by atoms with E-state index >= 15 is 4.39 Å². The van der Waals surface area contributed by atoms with E-state index in [2.05, 4.69) is 15.2 Å². The van der Waals surface area contributed by atoms with Crippen LogP contribution >= 0.6 is 23.2 Å². The second-order valence-electron chi connectivity index (χ2n) is 7.70. The average Bonchev–Trinajstić information content (AvgIpc) is 2.70. The number of nitrogens with zero attached hydrogens (tertiary/aromatic N) is 2. The minimum absolute atomic E-state index is 0.0275. The lowest BCUT2D eigenvalue weighted by molar-refractivity contribution is -0.148. The number of nitrogens with one attached hydrogen (secondary N) is 1. The summed E-state index contributed by atoms with van der Waals surface area (Å²) in [6, 6.07) is 8.28. The summed E-state index contributed by atoms with van der Waals surface area (Å²) in [6.07, 6.45) is 2.03. The van der Waals surface area contributed by atoms with Crippen LogP contribution in [0.4, 0.5) is 4.39 Å². The van der Waals surface area contributed by atoms with Gasteiger partial charge >= 0.3 is 0 Å². The lowest BCUT2D eigenvalue weighted by Crippen LogP contribution is -2.54. The average molecular weight is 438 g/mol. The first-order valence-corrected chi connectivity index (χ1v) is 10.3. The number of fused-ring (bicyclic) bond motifs is 2. The summed E-state index contributed by atoms with van der Waals surface area (Å²) >= 11 is 12.1. The number of benzene rings is 1. The summed E-state index contributed by atoms with van der Waals surface area (Å²) < 4.78 is 22.2. The number of likely N-dealkylation sites (N-methyl/N-ethyl adjacent to an activating group) is 1. The van der Waals surface area contributed by atoms with Crippen molar-refractivity contribution in [2.75, 3.05) is 26.7 Å². The van der Waals surface area contributed by atoms with Crippen LogP contribution in [0, 0.1) is 0 Å². The molecule has 1 spiro atoms. The normalized spacial score (nSPS) is 26.9. The van der Waals surface area contributed by atoms with E-state index in [0.717, 1.165) is 6.54 Å². The highest BCUT2D eigenvalue weighted by atomic mass is 35.5. The Labute approximate surface area is 179 Å². The number of carbonyl (C=O) groups is 1. The molecule has 29 heavy (non-hydrogen) atoms. The standard InChI is InChI=1S/C21H22Cl2FN3O2/c1-27-9-10-29-20(13-27)6-7-21(24,16-3-2-8-25-18(16)20)19(28)26-12-14-4-5-15(22)11-17(14)23/h2-5,8,11H,6-7,9-10,12-13H2,1H3,(H,26,28). The molecule has 0 saturated carbocycles. The third-order valence-corrected chi connectivity index (χ3v) is 6.32. The number of morpholine rings is 1. The van der Waals surface area contributed by atoms with E-state index in [-0.39, 0.29) is 18.5 Å². The molecule has 2 aromatic rings. The first kappa shape index (κ1) is 20.5. The number of rotatable bonds is 3. The Kier molecular flexibility index (Phi) is 5.55. The van der Waals surface area contributed by atoms with Gasteiger partial charge in [-0.2, -0.15) is 0 Å². The van der Waals surface area contributed by atoms with Crippen LogP contribution < -0.4 is 5.32 Å². The van der Waals surface area contributed by atoms with Crippen molar-refractivity contribution >= 4 is 29.1 Å². The third kappa shape index (κ3) is 3.75. The Hall–Kier alpha value is -1.73. The van der Waals surface area contributed by atoms with Crippen molar-refractivity contribution in [3.63, 3.8) is 0 Å². The zero-order chi connectivity index (χ0) is 20.6. The van der Waals surface area contributed by atoms with Crippen molar-refractivity contribution in [2.45, 2.75) is 30.7 Å². The zero-order valence-corrected chi connectivity index (χ0v) is 17.6. The van der Waals surface area contributed by atoms with Crippen molar-refractivity contribution in [1.29, 1.82) is 0 Å². The molecule has 1 N–H and O–H groups in total. The number of ether oxygens (including phenoxy) is 1. The summed E-state index contributed by atoms with van der Waals surface area (Å²) in [5, 5.41) is 3.62. The molecule has 0 radical (unpaired) electrons. The Balaban J connectivity index is 1.60. The molecule has 4 rings (SSSR count). The second kappa shape index (κ2) is 7.84. The molecule has 2 heterocycles. The fourth-order valence-corrected chi connectivity index (χ4v) is 4.66. The number of pyridine rings is 1. The first-order valence-electron chi connectivity index (χ1n) is 9.54. The molecule has 2 unspecified atom stereocenters. The van der Waals surface area contributed by atoms with Crippen LogP contribution in [0.2, 0.25) is 10.0 Å². The van der Waals surface area contributed by atoms with Crippen molar-refractivity contribution in [3.8, 4) is 0 Å². The topological polar surface area (TPSA) is 54.5 Å². The monoisotopic (exact) mass is 437 g/mol. The van der Waals surface area contributed by atoms with E-state index in [1.165, 1.54) is 0 Å². The third-order valence-electron chi connectivity index (χ3n) is 5.73. The Morgan fingerprint density at radius 1 is 1.34 bits per heavy atom. The smallest absolute Gasteiger partial charge is 0.262 e. The van der Waals surface area contributed by atoms with Crippen molar-refractivity contribution in [2.24, 2.45) is 0 Å². The fourth-order valence-electron chi connectivity index (χ4n) is 4.18. The molecular formula is C21H22Cl2FN3O2. The van der Waals surface area contributed by atoms with Gasteiger partial charge in [0.05, 0.1) is 12.3 Å². The molecule has 2 aliphatic rings. The number of alkyl halides is 1. The largest absolute Gasteiger partial charge is 0.366 e. The molecule has 1 saturated heterocycles. The number of carbonyl (C=O) groups excluding carboxylic acids is 1. The van der Waals surface area contributed by atoms with E-state index in [4.69, 9.17) is 27.9 Å². The molecule has 1 fully saturated rings. The summed E-state index contributed by atoms with van der Waals surface area (Å²) in [5.74, 6) is -0.697. The summed E-state index contributed by atoms with van der Waals surface area (Å²) in [7, 11) is 2.01. The molecule has 0 bridgehead atoms. The van der Waals surface area contributed by atoms with Crippen LogP contribution in [0.25, 0.3) is 0 Å². The number of amides is 1. The summed E-state index contributed by atoms with van der Waals surface area (Å²) in [5.41, 5.74) is -1.39. The molecule has 8 heteroatoms. The van der Waals surface area contributed by atoms with Gasteiger partial charge in [0.25, 0.3) is 5.91 Å². The molecule has 1 aliphatic carbocycles. The maximum absolute atomic E-state index is 16.1. The summed E-state index contributed by atoms with van der Waals surface area (Å²) in [4.78, 5) is 19.5. The highest BCUT2D eigenvalue weighted by Gasteiger charge is 2.54. The Morgan fingerprint density at radius 3 is 2.93 bits per heavy atom. The lowest BCUT2D eigenvalue weighted by atomic mass is 9.73. The van der Waals surface area contributed by atoms with Crippen molar-refractivity contribution < 1.29 is 13.9 Å². The van der Waals surface area contributed by atoms with E-state index in [0.29, 0.717) is 40.9 Å². The van der Waals surface area contributed by atoms with Gasteiger partial charge in [0.1, 0.15) is 5.60 Å². The Bertz CT molecular complexity index is 944. The number of hydrogen-bond donors (Lipinski definition) is 1. The van der Waals surface area contributed by atoms with E-state index in [1.54, 1.807) is 36.5 Å². The van der Waals surface area contributed by atoms with Crippen LogP contribution in [-0.2, 0) is 27.3 Å². The SMILES string of the molecule is CN1CCOC2(CCC(F)(C(=O)NCc3ccc(Cl)cc3Cl)c3cccnc32)C1. The first-order chi connectivity index (χ1) is 13.8. The van der Waals surface area contributed by atoms with Crippen LogP contribution in [0.1, 0.15) is 29.7 Å². The minimum atomic E-state index is -2.17.